The van der Waals surface area contributed by atoms with Gasteiger partial charge in [0.1, 0.15) is 11.6 Å². The molecule has 3 heterocycles. The molecule has 1 aromatic carbocycles. The van der Waals surface area contributed by atoms with Crippen molar-refractivity contribution < 1.29 is 9.53 Å². The Labute approximate surface area is 140 Å². The lowest BCUT2D eigenvalue weighted by molar-refractivity contribution is 0.100. The van der Waals surface area contributed by atoms with Crippen molar-refractivity contribution in [2.24, 2.45) is 11.8 Å². The summed E-state index contributed by atoms with van der Waals surface area (Å²) in [4.78, 5) is 14.9. The van der Waals surface area contributed by atoms with E-state index in [0.29, 0.717) is 23.3 Å². The van der Waals surface area contributed by atoms with Crippen LogP contribution in [0.25, 0.3) is 0 Å². The number of carbonyl (C=O) groups is 1. The van der Waals surface area contributed by atoms with Crippen LogP contribution in [0.3, 0.4) is 0 Å². The molecule has 4 rings (SSSR count). The van der Waals surface area contributed by atoms with E-state index in [1.807, 2.05) is 28.8 Å². The number of benzene rings is 1. The quantitative estimate of drug-likeness (QED) is 0.919. The highest BCUT2D eigenvalue weighted by Gasteiger charge is 2.37. The van der Waals surface area contributed by atoms with Gasteiger partial charge in [0, 0.05) is 31.7 Å². The molecule has 0 spiro atoms. The van der Waals surface area contributed by atoms with Crippen LogP contribution in [0.5, 0.6) is 5.75 Å². The average molecular weight is 327 g/mol. The van der Waals surface area contributed by atoms with Crippen LogP contribution >= 0.6 is 0 Å². The first-order chi connectivity index (χ1) is 11.6. The molecule has 1 fully saturated rings. The van der Waals surface area contributed by atoms with Gasteiger partial charge in [0.05, 0.1) is 7.11 Å². The summed E-state index contributed by atoms with van der Waals surface area (Å²) in [6, 6.07) is 7.25. The Morgan fingerprint density at radius 1 is 1.17 bits per heavy atom. The number of nitrogens with zero attached hydrogens (tertiary/aromatic N) is 4. The van der Waals surface area contributed by atoms with Gasteiger partial charge in [-0.15, -0.1) is 10.2 Å². The van der Waals surface area contributed by atoms with Crippen LogP contribution in [0.1, 0.15) is 16.4 Å². The molecule has 2 aromatic rings. The van der Waals surface area contributed by atoms with Crippen molar-refractivity contribution in [1.29, 1.82) is 0 Å². The smallest absolute Gasteiger partial charge is 0.293 e. The molecule has 7 heteroatoms. The maximum Gasteiger partial charge on any atom is 0.293 e. The molecule has 24 heavy (non-hydrogen) atoms. The largest absolute Gasteiger partial charge is 0.497 e. The fourth-order valence-corrected chi connectivity index (χ4v) is 3.79. The van der Waals surface area contributed by atoms with Gasteiger partial charge in [0.25, 0.3) is 5.91 Å². The maximum absolute atomic E-state index is 12.6. The summed E-state index contributed by atoms with van der Waals surface area (Å²) >= 11 is 0. The van der Waals surface area contributed by atoms with E-state index in [0.717, 1.165) is 37.6 Å². The Hall–Kier alpha value is -2.41. The van der Waals surface area contributed by atoms with E-state index in [4.69, 9.17) is 4.74 Å². The number of hydrogen-bond acceptors (Lipinski definition) is 5. The molecule has 0 aliphatic carbocycles. The molecular formula is C17H21N5O2. The minimum atomic E-state index is -0.219. The molecule has 1 aromatic heterocycles. The van der Waals surface area contributed by atoms with Gasteiger partial charge in [-0.25, -0.2) is 0 Å². The Bertz CT molecular complexity index is 755. The van der Waals surface area contributed by atoms with Gasteiger partial charge in [-0.05, 0) is 43.1 Å². The highest BCUT2D eigenvalue weighted by atomic mass is 16.5. The van der Waals surface area contributed by atoms with E-state index in [2.05, 4.69) is 27.5 Å². The number of likely N-dealkylation sites (tertiary alicyclic amines) is 1. The number of amides is 1. The predicted octanol–water partition coefficient (Wildman–Crippen LogP) is 1.27. The summed E-state index contributed by atoms with van der Waals surface area (Å²) in [7, 11) is 3.76. The second-order valence-electron chi connectivity index (χ2n) is 6.68. The first-order valence-corrected chi connectivity index (χ1v) is 8.20. The molecule has 2 aliphatic heterocycles. The van der Waals surface area contributed by atoms with Crippen molar-refractivity contribution in [2.45, 2.75) is 13.0 Å². The maximum atomic E-state index is 12.6. The molecule has 1 saturated heterocycles. The number of methoxy groups -OCH3 is 1. The molecule has 7 nitrogen and oxygen atoms in total. The van der Waals surface area contributed by atoms with E-state index < -0.39 is 0 Å². The molecule has 126 valence electrons. The third-order valence-corrected chi connectivity index (χ3v) is 5.00. The number of carbonyl (C=O) groups excluding carboxylic acids is 1. The van der Waals surface area contributed by atoms with Gasteiger partial charge in [-0.1, -0.05) is 0 Å². The van der Waals surface area contributed by atoms with E-state index in [1.165, 1.54) is 0 Å². The van der Waals surface area contributed by atoms with Gasteiger partial charge >= 0.3 is 0 Å². The van der Waals surface area contributed by atoms with Gasteiger partial charge in [-0.3, -0.25) is 4.79 Å². The first-order valence-electron chi connectivity index (χ1n) is 8.20. The van der Waals surface area contributed by atoms with Crippen molar-refractivity contribution in [3.63, 3.8) is 0 Å². The highest BCUT2D eigenvalue weighted by Crippen LogP contribution is 2.31. The van der Waals surface area contributed by atoms with Crippen molar-refractivity contribution >= 4 is 11.6 Å². The summed E-state index contributed by atoms with van der Waals surface area (Å²) in [6.07, 6.45) is 0.901. The van der Waals surface area contributed by atoms with Crippen molar-refractivity contribution in [1.82, 2.24) is 19.7 Å². The van der Waals surface area contributed by atoms with Gasteiger partial charge in [0.15, 0.2) is 0 Å². The molecule has 0 radical (unpaired) electrons. The Balaban J connectivity index is 1.52. The van der Waals surface area contributed by atoms with E-state index >= 15 is 0 Å². The molecule has 0 saturated carbocycles. The van der Waals surface area contributed by atoms with Gasteiger partial charge < -0.3 is 19.5 Å². The molecule has 2 atom stereocenters. The lowest BCUT2D eigenvalue weighted by Gasteiger charge is -2.25. The van der Waals surface area contributed by atoms with Crippen LogP contribution in [-0.4, -0.2) is 52.8 Å². The Kier molecular flexibility index (Phi) is 3.72. The molecule has 2 aliphatic rings. The third kappa shape index (κ3) is 2.65. The van der Waals surface area contributed by atoms with Crippen molar-refractivity contribution in [2.75, 3.05) is 32.6 Å². The second kappa shape index (κ2) is 5.90. The zero-order valence-electron chi connectivity index (χ0n) is 13.9. The van der Waals surface area contributed by atoms with E-state index in [-0.39, 0.29) is 5.91 Å². The minimum Gasteiger partial charge on any atom is -0.497 e. The van der Waals surface area contributed by atoms with Gasteiger partial charge in [-0.2, -0.15) is 0 Å². The topological polar surface area (TPSA) is 72.3 Å². The van der Waals surface area contributed by atoms with Crippen LogP contribution in [-0.2, 0) is 13.0 Å². The number of ether oxygens (including phenoxy) is 1. The summed E-state index contributed by atoms with van der Waals surface area (Å²) in [5.41, 5.74) is 0.715. The standard InChI is InChI=1S/C17H21N5O2/c1-21-8-11-7-15-19-20-16(22(15)10-12(11)9-21)17(23)18-13-3-5-14(24-2)6-4-13/h3-6,11-12H,7-10H2,1-2H3,(H,18,23)/t11-,12+/m1/s1. The van der Waals surface area contributed by atoms with Crippen molar-refractivity contribution in [3.05, 3.63) is 35.9 Å². The third-order valence-electron chi connectivity index (χ3n) is 5.00. The lowest BCUT2D eigenvalue weighted by atomic mass is 9.89. The fourth-order valence-electron chi connectivity index (χ4n) is 3.79. The molecule has 1 N–H and O–H groups in total. The van der Waals surface area contributed by atoms with E-state index in [1.54, 1.807) is 7.11 Å². The zero-order chi connectivity index (χ0) is 16.7. The summed E-state index contributed by atoms with van der Waals surface area (Å²) in [6.45, 7) is 3.00. The summed E-state index contributed by atoms with van der Waals surface area (Å²) < 4.78 is 7.11. The van der Waals surface area contributed by atoms with Crippen LogP contribution in [0.4, 0.5) is 5.69 Å². The predicted molar refractivity (Wildman–Crippen MR) is 89.2 cm³/mol. The Morgan fingerprint density at radius 3 is 2.67 bits per heavy atom. The average Bonchev–Trinajstić information content (AvgIpc) is 3.14. The number of hydrogen-bond donors (Lipinski definition) is 1. The summed E-state index contributed by atoms with van der Waals surface area (Å²) in [5, 5.41) is 11.3. The molecule has 0 unspecified atom stereocenters. The van der Waals surface area contributed by atoms with Gasteiger partial charge in [0.2, 0.25) is 5.82 Å². The number of aromatic nitrogens is 3. The van der Waals surface area contributed by atoms with Crippen LogP contribution < -0.4 is 10.1 Å². The molecule has 1 amide bonds. The first kappa shape index (κ1) is 15.1. The Morgan fingerprint density at radius 2 is 1.92 bits per heavy atom. The minimum absolute atomic E-state index is 0.219. The molecular weight excluding hydrogens is 306 g/mol. The number of fused-ring (bicyclic) bond motifs is 2. The highest BCUT2D eigenvalue weighted by molar-refractivity contribution is 6.01. The fraction of sp³-hybridized carbons (Fsp3) is 0.471. The number of anilines is 1. The van der Waals surface area contributed by atoms with Crippen LogP contribution in [0.2, 0.25) is 0 Å². The monoisotopic (exact) mass is 327 g/mol. The lowest BCUT2D eigenvalue weighted by Crippen LogP contribution is -2.31. The van der Waals surface area contributed by atoms with Crippen LogP contribution in [0, 0.1) is 11.8 Å². The second-order valence-corrected chi connectivity index (χ2v) is 6.68. The molecule has 0 bridgehead atoms. The van der Waals surface area contributed by atoms with Crippen molar-refractivity contribution in [3.8, 4) is 5.75 Å². The van der Waals surface area contributed by atoms with Crippen LogP contribution in [0.15, 0.2) is 24.3 Å². The van der Waals surface area contributed by atoms with E-state index in [9.17, 15) is 4.79 Å². The normalized spacial score (nSPS) is 22.8. The SMILES string of the molecule is COc1ccc(NC(=O)c2nnc3n2C[C@@H]2CN(C)C[C@H]2C3)cc1. The zero-order valence-corrected chi connectivity index (χ0v) is 13.9. The number of nitrogens with one attached hydrogen (secondary N) is 1. The number of rotatable bonds is 3. The summed E-state index contributed by atoms with van der Waals surface area (Å²) in [5.74, 6) is 3.06.